The molecule has 0 atom stereocenters. The van der Waals surface area contributed by atoms with Gasteiger partial charge in [0.15, 0.2) is 0 Å². The summed E-state index contributed by atoms with van der Waals surface area (Å²) in [6.45, 7) is 0.248. The first-order chi connectivity index (χ1) is 12.5. The van der Waals surface area contributed by atoms with Crippen LogP contribution in [0.2, 0.25) is 0 Å². The molecule has 0 aliphatic heterocycles. The number of hydrogen-bond donors (Lipinski definition) is 1. The third kappa shape index (κ3) is 3.79. The molecule has 1 heterocycles. The molecule has 0 fully saturated rings. The maximum atomic E-state index is 12.7. The maximum absolute atomic E-state index is 12.7. The van der Waals surface area contributed by atoms with E-state index in [1.54, 1.807) is 18.3 Å². The Balaban J connectivity index is 1.79. The summed E-state index contributed by atoms with van der Waals surface area (Å²) in [4.78, 5) is 4.44. The van der Waals surface area contributed by atoms with Gasteiger partial charge in [-0.25, -0.2) is 13.1 Å². The number of sulfonamides is 1. The zero-order valence-electron chi connectivity index (χ0n) is 14.6. The molecule has 2 aromatic carbocycles. The Bertz CT molecular complexity index is 1010. The van der Waals surface area contributed by atoms with E-state index in [1.807, 2.05) is 30.3 Å². The monoisotopic (exact) mass is 372 g/mol. The van der Waals surface area contributed by atoms with Crippen molar-refractivity contribution < 1.29 is 17.9 Å². The molecule has 0 bridgehead atoms. The highest BCUT2D eigenvalue weighted by molar-refractivity contribution is 7.89. The normalized spacial score (nSPS) is 11.5. The molecule has 6 nitrogen and oxygen atoms in total. The van der Waals surface area contributed by atoms with Gasteiger partial charge >= 0.3 is 0 Å². The molecule has 7 heteroatoms. The highest BCUT2D eigenvalue weighted by atomic mass is 32.2. The van der Waals surface area contributed by atoms with Gasteiger partial charge in [-0.3, -0.25) is 4.98 Å². The molecular weight excluding hydrogens is 352 g/mol. The number of benzene rings is 2. The van der Waals surface area contributed by atoms with Crippen LogP contribution in [0.4, 0.5) is 0 Å². The molecule has 1 N–H and O–H groups in total. The molecule has 0 spiro atoms. The minimum atomic E-state index is -3.73. The van der Waals surface area contributed by atoms with E-state index in [4.69, 9.17) is 9.47 Å². The average molecular weight is 372 g/mol. The van der Waals surface area contributed by atoms with Crippen molar-refractivity contribution in [3.63, 3.8) is 0 Å². The summed E-state index contributed by atoms with van der Waals surface area (Å²) in [5, 5.41) is 1.03. The first kappa shape index (κ1) is 18.2. The van der Waals surface area contributed by atoms with Crippen molar-refractivity contribution in [3.8, 4) is 11.5 Å². The summed E-state index contributed by atoms with van der Waals surface area (Å²) in [5.74, 6) is 0.717. The molecule has 0 radical (unpaired) electrons. The second-order valence-electron chi connectivity index (χ2n) is 5.66. The predicted molar refractivity (Wildman–Crippen MR) is 100 cm³/mol. The second-order valence-corrected chi connectivity index (χ2v) is 7.39. The number of fused-ring (bicyclic) bond motifs is 1. The Labute approximate surface area is 152 Å². The number of pyridine rings is 1. The summed E-state index contributed by atoms with van der Waals surface area (Å²) in [5.41, 5.74) is 1.87. The fraction of sp³-hybridized carbons (Fsp3) is 0.211. The number of ether oxygens (including phenoxy) is 2. The summed E-state index contributed by atoms with van der Waals surface area (Å²) >= 11 is 0. The lowest BCUT2D eigenvalue weighted by atomic mass is 10.1. The molecule has 0 unspecified atom stereocenters. The van der Waals surface area contributed by atoms with Crippen molar-refractivity contribution in [2.45, 2.75) is 11.3 Å². The van der Waals surface area contributed by atoms with Crippen LogP contribution in [0.3, 0.4) is 0 Å². The molecule has 0 amide bonds. The van der Waals surface area contributed by atoms with Crippen LogP contribution in [0.5, 0.6) is 11.5 Å². The number of aromatic nitrogens is 1. The van der Waals surface area contributed by atoms with E-state index >= 15 is 0 Å². The van der Waals surface area contributed by atoms with Gasteiger partial charge in [-0.1, -0.05) is 24.3 Å². The van der Waals surface area contributed by atoms with Gasteiger partial charge in [0, 0.05) is 24.2 Å². The van der Waals surface area contributed by atoms with Gasteiger partial charge in [-0.2, -0.15) is 0 Å². The zero-order valence-corrected chi connectivity index (χ0v) is 15.4. The predicted octanol–water partition coefficient (Wildman–Crippen LogP) is 2.77. The van der Waals surface area contributed by atoms with Crippen molar-refractivity contribution in [2.75, 3.05) is 20.8 Å². The fourth-order valence-electron chi connectivity index (χ4n) is 2.76. The van der Waals surface area contributed by atoms with Gasteiger partial charge < -0.3 is 9.47 Å². The van der Waals surface area contributed by atoms with Crippen molar-refractivity contribution >= 4 is 20.9 Å². The molecule has 136 valence electrons. The summed E-state index contributed by atoms with van der Waals surface area (Å²) < 4.78 is 38.3. The molecule has 3 rings (SSSR count). The second kappa shape index (κ2) is 7.72. The number of rotatable bonds is 7. The van der Waals surface area contributed by atoms with Crippen LogP contribution in [-0.2, 0) is 16.4 Å². The minimum absolute atomic E-state index is 0.0513. The molecule has 0 aliphatic carbocycles. The summed E-state index contributed by atoms with van der Waals surface area (Å²) in [7, 11) is -0.816. The van der Waals surface area contributed by atoms with E-state index in [0.717, 1.165) is 16.5 Å². The topological polar surface area (TPSA) is 77.5 Å². The first-order valence-electron chi connectivity index (χ1n) is 8.09. The van der Waals surface area contributed by atoms with Crippen LogP contribution >= 0.6 is 0 Å². The lowest BCUT2D eigenvalue weighted by Crippen LogP contribution is -2.26. The van der Waals surface area contributed by atoms with Gasteiger partial charge in [0.25, 0.3) is 0 Å². The maximum Gasteiger partial charge on any atom is 0.244 e. The molecule has 0 saturated heterocycles. The molecule has 26 heavy (non-hydrogen) atoms. The van der Waals surface area contributed by atoms with Gasteiger partial charge in [0.1, 0.15) is 16.4 Å². The van der Waals surface area contributed by atoms with Crippen molar-refractivity contribution in [3.05, 3.63) is 60.3 Å². The smallest absolute Gasteiger partial charge is 0.244 e. The average Bonchev–Trinajstić information content (AvgIpc) is 2.67. The van der Waals surface area contributed by atoms with Crippen LogP contribution in [-0.4, -0.2) is 34.2 Å². The molecule has 1 aromatic heterocycles. The number of hydrogen-bond acceptors (Lipinski definition) is 5. The lowest BCUT2D eigenvalue weighted by Gasteiger charge is -2.12. The molecule has 3 aromatic rings. The Morgan fingerprint density at radius 2 is 1.85 bits per heavy atom. The number of nitrogens with one attached hydrogen (secondary N) is 1. The van der Waals surface area contributed by atoms with E-state index in [0.29, 0.717) is 12.2 Å². The van der Waals surface area contributed by atoms with Gasteiger partial charge in [-0.05, 0) is 30.2 Å². The summed E-state index contributed by atoms with van der Waals surface area (Å²) in [6.07, 6.45) is 2.26. The molecule has 0 saturated carbocycles. The van der Waals surface area contributed by atoms with Gasteiger partial charge in [0.05, 0.1) is 19.7 Å². The van der Waals surface area contributed by atoms with Crippen LogP contribution in [0.15, 0.2) is 59.6 Å². The van der Waals surface area contributed by atoms with E-state index in [9.17, 15) is 8.42 Å². The Morgan fingerprint density at radius 1 is 1.04 bits per heavy atom. The quantitative estimate of drug-likeness (QED) is 0.690. The molecular formula is C19H20N2O4S. The van der Waals surface area contributed by atoms with Crippen molar-refractivity contribution in [2.24, 2.45) is 0 Å². The van der Waals surface area contributed by atoms with E-state index < -0.39 is 10.0 Å². The van der Waals surface area contributed by atoms with Crippen molar-refractivity contribution in [1.29, 1.82) is 0 Å². The lowest BCUT2D eigenvalue weighted by molar-refractivity contribution is 0.392. The van der Waals surface area contributed by atoms with Crippen LogP contribution < -0.4 is 14.2 Å². The Morgan fingerprint density at radius 3 is 2.62 bits per heavy atom. The third-order valence-corrected chi connectivity index (χ3v) is 5.55. The highest BCUT2D eigenvalue weighted by Crippen LogP contribution is 2.28. The largest absolute Gasteiger partial charge is 0.497 e. The standard InChI is InChI=1S/C19H20N2O4S/c1-24-16-8-9-17(25-2)18(13-16)26(22,23)21-12-10-15-6-3-5-14-7-4-11-20-19(14)15/h3-9,11,13,21H,10,12H2,1-2H3. The van der Waals surface area contributed by atoms with E-state index in [2.05, 4.69) is 9.71 Å². The highest BCUT2D eigenvalue weighted by Gasteiger charge is 2.20. The van der Waals surface area contributed by atoms with E-state index in [1.165, 1.54) is 20.3 Å². The van der Waals surface area contributed by atoms with Crippen LogP contribution in [0, 0.1) is 0 Å². The van der Waals surface area contributed by atoms with Crippen molar-refractivity contribution in [1.82, 2.24) is 9.71 Å². The van der Waals surface area contributed by atoms with Crippen LogP contribution in [0.1, 0.15) is 5.56 Å². The number of methoxy groups -OCH3 is 2. The van der Waals surface area contributed by atoms with Gasteiger partial charge in [-0.15, -0.1) is 0 Å². The Hall–Kier alpha value is -2.64. The number of para-hydroxylation sites is 1. The Kier molecular flexibility index (Phi) is 5.39. The third-order valence-electron chi connectivity index (χ3n) is 4.06. The number of nitrogens with zero attached hydrogens (tertiary/aromatic N) is 1. The SMILES string of the molecule is COc1ccc(OC)c(S(=O)(=O)NCCc2cccc3cccnc23)c1. The zero-order chi connectivity index (χ0) is 18.6. The summed E-state index contributed by atoms with van der Waals surface area (Å²) in [6, 6.07) is 14.4. The van der Waals surface area contributed by atoms with Crippen LogP contribution in [0.25, 0.3) is 10.9 Å². The van der Waals surface area contributed by atoms with Gasteiger partial charge in [0.2, 0.25) is 10.0 Å². The molecule has 0 aliphatic rings. The first-order valence-corrected chi connectivity index (χ1v) is 9.58. The fourth-order valence-corrected chi connectivity index (χ4v) is 3.97. The van der Waals surface area contributed by atoms with E-state index in [-0.39, 0.29) is 17.2 Å². The minimum Gasteiger partial charge on any atom is -0.497 e.